The van der Waals surface area contributed by atoms with Crippen LogP contribution in [-0.2, 0) is 0 Å². The predicted octanol–water partition coefficient (Wildman–Crippen LogP) is 22.7. The van der Waals surface area contributed by atoms with Crippen LogP contribution in [0.5, 0.6) is 23.0 Å². The standard InChI is InChI=1S/C23H24ClN3O.C23H25ClN2O2.C22H24ClN3O2.C19H22ClN3O/c1-14(2)16-6-10-21-22(11-16)27-23(26-21)15-3-7-18(8-4-15)28-19-9-5-17(13-25)20(24)12-19;1-15(2)18-6-10-22(26-14-18)23(27)11-16-3-7-19(8-4-16)28-20-9-5-17(13-25)21(24)12-20;1-14(2)20-12-26-21(13-25-20)22(27)9-15-3-6-17(7-4-15)28-18-8-5-16(11-24)19(23)10-18;1-13(2)23-10-9-19(22-23)14-3-6-16(7-4-14)24-17-8-5-15(12-21)18(20)11-17/h5-6,9-12,14-15,18H,3-4,7-8H2,1-2H3,(H,26,27);5-6,9-10,12,14-16,19H,3-4,7-8,11H2,1-2H3;5,8,10,12-15,17H,3-4,6-7,9H2,1-2H3;5,8-11,13-14,16H,3-4,6-7H2,1-2H3. The number of aromatic amines is 1. The number of halogens is 4. The van der Waals surface area contributed by atoms with Gasteiger partial charge in [0.1, 0.15) is 64.5 Å². The average molecular weight is 1530 g/mol. The second kappa shape index (κ2) is 39.2. The molecule has 4 aliphatic carbocycles. The van der Waals surface area contributed by atoms with Gasteiger partial charge < -0.3 is 23.9 Å². The Hall–Kier alpha value is -9.33. The highest BCUT2D eigenvalue weighted by Crippen LogP contribution is 2.39. The van der Waals surface area contributed by atoms with E-state index in [0.29, 0.717) is 126 Å². The van der Waals surface area contributed by atoms with Crippen molar-refractivity contribution in [3.63, 3.8) is 0 Å². The normalized spacial score (nSPS) is 19.7. The number of nitrogens with one attached hydrogen (secondary N) is 1. The quantitative estimate of drug-likeness (QED) is 0.0696. The molecule has 0 spiro atoms. The Labute approximate surface area is 655 Å². The van der Waals surface area contributed by atoms with Crippen molar-refractivity contribution in [2.75, 3.05) is 0 Å². The van der Waals surface area contributed by atoms with E-state index >= 15 is 0 Å². The Morgan fingerprint density at radius 3 is 1.22 bits per heavy atom. The summed E-state index contributed by atoms with van der Waals surface area (Å²) >= 11 is 24.3. The van der Waals surface area contributed by atoms with Crippen LogP contribution in [0, 0.1) is 57.2 Å². The lowest BCUT2D eigenvalue weighted by atomic mass is 9.83. The molecule has 0 aliphatic heterocycles. The van der Waals surface area contributed by atoms with Crippen molar-refractivity contribution in [2.24, 2.45) is 11.8 Å². The number of ketones is 2. The van der Waals surface area contributed by atoms with Crippen LogP contribution in [0.1, 0.15) is 278 Å². The SMILES string of the molecule is CC(C)c1ccc(C(=O)CC2CCC(Oc3ccc(C#N)c(Cl)c3)CC2)nc1.CC(C)c1ccc2nc(C3CCC(Oc4ccc(C#N)c(Cl)c4)CC3)[nH]c2c1.CC(C)c1cnc(C(=O)CC2CCC(Oc3ccc(C#N)c(Cl)c3)CC2)cn1.CC(C)n1ccc(C2CCC(Oc3ccc(C#N)c(Cl)c3)CC2)n1. The number of aromatic nitrogens is 7. The summed E-state index contributed by atoms with van der Waals surface area (Å²) in [5.74, 6) is 7.06. The van der Waals surface area contributed by atoms with E-state index in [1.165, 1.54) is 11.3 Å². The summed E-state index contributed by atoms with van der Waals surface area (Å²) in [4.78, 5) is 46.4. The second-order valence-corrected chi connectivity index (χ2v) is 31.6. The number of rotatable bonds is 20. The summed E-state index contributed by atoms with van der Waals surface area (Å²) in [5.41, 5.74) is 9.63. The van der Waals surface area contributed by atoms with Crippen LogP contribution in [0.3, 0.4) is 0 Å². The van der Waals surface area contributed by atoms with Gasteiger partial charge in [-0.15, -0.1) is 0 Å². The topological polar surface area (TPSA) is 251 Å². The summed E-state index contributed by atoms with van der Waals surface area (Å²) < 4.78 is 26.2. The number of H-pyrrole nitrogens is 1. The molecule has 4 saturated carbocycles. The van der Waals surface area contributed by atoms with Gasteiger partial charge >= 0.3 is 0 Å². The van der Waals surface area contributed by atoms with Crippen LogP contribution in [-0.4, -0.2) is 70.7 Å². The van der Waals surface area contributed by atoms with Gasteiger partial charge in [0.15, 0.2) is 11.6 Å². The van der Waals surface area contributed by atoms with Gasteiger partial charge in [-0.1, -0.05) is 100 Å². The van der Waals surface area contributed by atoms with Crippen LogP contribution in [0.4, 0.5) is 0 Å². The van der Waals surface area contributed by atoms with Gasteiger partial charge in [-0.3, -0.25) is 24.2 Å². The molecule has 0 bridgehead atoms. The summed E-state index contributed by atoms with van der Waals surface area (Å²) in [6.45, 7) is 17.0. The van der Waals surface area contributed by atoms with E-state index in [0.717, 1.165) is 142 Å². The molecule has 1 N–H and O–H groups in total. The van der Waals surface area contributed by atoms with Crippen molar-refractivity contribution >= 4 is 69.0 Å². The Balaban J connectivity index is 0.000000154. The van der Waals surface area contributed by atoms with Crippen molar-refractivity contribution in [3.8, 4) is 47.3 Å². The molecular formula is C87H95Cl4N11O6. The number of nitriles is 4. The molecule has 0 saturated heterocycles. The molecular weight excluding hydrogens is 1440 g/mol. The number of benzene rings is 5. The first kappa shape index (κ1) is 81.2. The van der Waals surface area contributed by atoms with E-state index in [-0.39, 0.29) is 36.0 Å². The monoisotopic (exact) mass is 1530 g/mol. The van der Waals surface area contributed by atoms with Crippen molar-refractivity contribution in [1.82, 2.24) is 34.7 Å². The Morgan fingerprint density at radius 1 is 0.454 bits per heavy atom. The lowest BCUT2D eigenvalue weighted by molar-refractivity contribution is 0.0892. The minimum absolute atomic E-state index is 0.0612. The number of nitrogens with zero attached hydrogens (tertiary/aromatic N) is 10. The van der Waals surface area contributed by atoms with Crippen LogP contribution in [0.25, 0.3) is 11.0 Å². The summed E-state index contributed by atoms with van der Waals surface area (Å²) in [5, 5.41) is 42.2. The minimum Gasteiger partial charge on any atom is -0.490 e. The molecule has 17 nitrogen and oxygen atoms in total. The Kier molecular flexibility index (Phi) is 29.4. The lowest BCUT2D eigenvalue weighted by Gasteiger charge is -2.28. The van der Waals surface area contributed by atoms with E-state index in [1.54, 1.807) is 73.1 Å². The van der Waals surface area contributed by atoms with E-state index < -0.39 is 0 Å². The fourth-order valence-electron chi connectivity index (χ4n) is 14.1. The fraction of sp³-hybridized carbons (Fsp3) is 0.437. The van der Waals surface area contributed by atoms with Gasteiger partial charge in [0.05, 0.1) is 95.4 Å². The summed E-state index contributed by atoms with van der Waals surface area (Å²) in [6.07, 6.45) is 24.5. The smallest absolute Gasteiger partial charge is 0.183 e. The van der Waals surface area contributed by atoms with E-state index in [9.17, 15) is 9.59 Å². The zero-order valence-electron chi connectivity index (χ0n) is 62.8. The number of fused-ring (bicyclic) bond motifs is 1. The first-order valence-corrected chi connectivity index (χ1v) is 39.4. The van der Waals surface area contributed by atoms with E-state index in [4.69, 9.17) is 96.5 Å². The first-order valence-electron chi connectivity index (χ1n) is 37.9. The highest BCUT2D eigenvalue weighted by atomic mass is 35.5. The third kappa shape index (κ3) is 22.9. The zero-order valence-corrected chi connectivity index (χ0v) is 65.8. The van der Waals surface area contributed by atoms with Gasteiger partial charge in [-0.25, -0.2) is 9.97 Å². The number of carbonyl (C=O) groups excluding carboxylic acids is 2. The fourth-order valence-corrected chi connectivity index (χ4v) is 15.0. The number of imidazole rings is 1. The van der Waals surface area contributed by atoms with Crippen LogP contribution >= 0.6 is 46.4 Å². The van der Waals surface area contributed by atoms with E-state index in [2.05, 4.69) is 118 Å². The maximum atomic E-state index is 12.5. The number of hydrogen-bond acceptors (Lipinski definition) is 15. The van der Waals surface area contributed by atoms with Crippen molar-refractivity contribution in [2.45, 2.75) is 231 Å². The molecule has 4 aliphatic rings. The average Bonchev–Trinajstić information content (AvgIpc) is 1.65. The third-order valence-electron chi connectivity index (χ3n) is 20.8. The van der Waals surface area contributed by atoms with Crippen molar-refractivity contribution in [1.29, 1.82) is 21.0 Å². The van der Waals surface area contributed by atoms with Gasteiger partial charge in [-0.05, 0) is 230 Å². The third-order valence-corrected chi connectivity index (χ3v) is 22.0. The maximum Gasteiger partial charge on any atom is 0.183 e. The molecule has 0 amide bonds. The minimum atomic E-state index is 0.0612. The predicted molar refractivity (Wildman–Crippen MR) is 424 cm³/mol. The van der Waals surface area contributed by atoms with Crippen LogP contribution < -0.4 is 18.9 Å². The maximum absolute atomic E-state index is 12.5. The number of Topliss-reactive ketones (excluding diaryl/α,β-unsaturated/α-hetero) is 2. The summed E-state index contributed by atoms with van der Waals surface area (Å²) in [6, 6.07) is 42.0. The molecule has 0 radical (unpaired) electrons. The number of ether oxygens (including phenoxy) is 4. The molecule has 0 unspecified atom stereocenters. The van der Waals surface area contributed by atoms with Gasteiger partial charge in [0.25, 0.3) is 0 Å². The molecule has 4 fully saturated rings. The molecule has 4 aromatic heterocycles. The van der Waals surface area contributed by atoms with E-state index in [1.807, 2.05) is 47.3 Å². The Bertz CT molecular complexity index is 4520. The molecule has 4 heterocycles. The highest BCUT2D eigenvalue weighted by Gasteiger charge is 2.30. The molecule has 9 aromatic rings. The molecule has 0 atom stereocenters. The number of carbonyl (C=O) groups is 2. The molecule has 108 heavy (non-hydrogen) atoms. The van der Waals surface area contributed by atoms with Gasteiger partial charge in [0, 0.05) is 73.6 Å². The zero-order chi connectivity index (χ0) is 77.0. The number of pyridine rings is 1. The molecule has 21 heteroatoms. The second-order valence-electron chi connectivity index (χ2n) is 30.0. The van der Waals surface area contributed by atoms with Crippen molar-refractivity contribution < 1.29 is 28.5 Å². The molecule has 562 valence electrons. The highest BCUT2D eigenvalue weighted by molar-refractivity contribution is 6.32. The van der Waals surface area contributed by atoms with Crippen LogP contribution in [0.15, 0.2) is 134 Å². The Morgan fingerprint density at radius 2 is 0.861 bits per heavy atom. The van der Waals surface area contributed by atoms with Crippen molar-refractivity contribution in [3.05, 3.63) is 216 Å². The van der Waals surface area contributed by atoms with Crippen LogP contribution in [0.2, 0.25) is 20.1 Å². The molecule has 13 rings (SSSR count). The largest absolute Gasteiger partial charge is 0.490 e. The number of hydrogen-bond donors (Lipinski definition) is 1. The van der Waals surface area contributed by atoms with Gasteiger partial charge in [-0.2, -0.15) is 26.1 Å². The molecule has 5 aromatic carbocycles. The first-order chi connectivity index (χ1) is 52.0. The van der Waals surface area contributed by atoms with Gasteiger partial charge in [0.2, 0.25) is 0 Å². The summed E-state index contributed by atoms with van der Waals surface area (Å²) in [7, 11) is 0. The lowest BCUT2D eigenvalue weighted by Crippen LogP contribution is -2.25.